The van der Waals surface area contributed by atoms with Gasteiger partial charge in [-0.05, 0) is 99.4 Å². The molecule has 0 bridgehead atoms. The first kappa shape index (κ1) is 29.2. The number of hydrogen-bond donors (Lipinski definition) is 2. The summed E-state index contributed by atoms with van der Waals surface area (Å²) in [6, 6.07) is 28.9. The summed E-state index contributed by atoms with van der Waals surface area (Å²) in [5, 5.41) is 19.0. The van der Waals surface area contributed by atoms with Crippen molar-refractivity contribution in [2.24, 2.45) is 0 Å². The number of aromatic hydroxyl groups is 2. The van der Waals surface area contributed by atoms with Gasteiger partial charge in [-0.25, -0.2) is 4.98 Å². The fourth-order valence-electron chi connectivity index (χ4n) is 4.13. The Balaban J connectivity index is 0.000000130. The van der Waals surface area contributed by atoms with Gasteiger partial charge < -0.3 is 28.4 Å². The Bertz CT molecular complexity index is 1730. The lowest BCUT2D eigenvalue weighted by Crippen LogP contribution is -2.41. The third-order valence-electron chi connectivity index (χ3n) is 7.05. The number of halogens is 1. The Morgan fingerprint density at radius 2 is 1.19 bits per heavy atom. The van der Waals surface area contributed by atoms with Crippen LogP contribution < -0.4 is 5.46 Å². The van der Waals surface area contributed by atoms with Gasteiger partial charge in [-0.3, -0.25) is 0 Å². The average Bonchev–Trinajstić information content (AvgIpc) is 3.61. The van der Waals surface area contributed by atoms with Crippen LogP contribution in [-0.4, -0.2) is 38.5 Å². The summed E-state index contributed by atoms with van der Waals surface area (Å²) in [6.45, 7) is 8.04. The number of oxazole rings is 2. The fourth-order valence-corrected chi connectivity index (χ4v) is 4.30. The molecule has 2 N–H and O–H groups in total. The van der Waals surface area contributed by atoms with Crippen LogP contribution in [0, 0.1) is 0 Å². The molecule has 42 heavy (non-hydrogen) atoms. The van der Waals surface area contributed by atoms with Gasteiger partial charge in [0, 0.05) is 5.56 Å². The SMILES string of the molecule is CC1(C)OB(c2cccc(O)c2)OC1(C)C.Clc1nc2ccccc2o1.Oc1cccc(-c2nc3ccccc3o2)c1. The van der Waals surface area contributed by atoms with Gasteiger partial charge >= 0.3 is 7.12 Å². The molecule has 7 rings (SSSR count). The maximum absolute atomic E-state index is 9.42. The van der Waals surface area contributed by atoms with Crippen molar-refractivity contribution in [2.75, 3.05) is 0 Å². The summed E-state index contributed by atoms with van der Waals surface area (Å²) in [5.74, 6) is 0.962. The standard InChI is InChI=1S/C13H9NO2.C12H17BO3.C7H4ClNO/c15-10-5-3-4-9(8-10)13-14-11-6-1-2-7-12(11)16-13;1-11(2)12(3,4)16-13(15-11)9-6-5-7-10(14)8-9;8-7-9-5-3-1-2-4-6(5)10-7/h1-8,15H;5-8,14H,1-4H3;1-4H. The van der Waals surface area contributed by atoms with E-state index in [9.17, 15) is 10.2 Å². The van der Waals surface area contributed by atoms with Crippen molar-refractivity contribution in [3.63, 3.8) is 0 Å². The third-order valence-corrected chi connectivity index (χ3v) is 7.21. The number of nitrogens with zero attached hydrogens (tertiary/aromatic N) is 2. The molecule has 0 spiro atoms. The molecule has 1 aliphatic rings. The van der Waals surface area contributed by atoms with Crippen molar-refractivity contribution in [3.05, 3.63) is 102 Å². The van der Waals surface area contributed by atoms with E-state index in [2.05, 4.69) is 9.97 Å². The lowest BCUT2D eigenvalue weighted by Gasteiger charge is -2.32. The topological polar surface area (TPSA) is 111 Å². The van der Waals surface area contributed by atoms with Crippen molar-refractivity contribution in [3.8, 4) is 23.0 Å². The van der Waals surface area contributed by atoms with E-state index in [0.29, 0.717) is 5.89 Å². The normalized spacial score (nSPS) is 15.1. The highest BCUT2D eigenvalue weighted by Crippen LogP contribution is 2.36. The van der Waals surface area contributed by atoms with Crippen LogP contribution >= 0.6 is 11.6 Å². The van der Waals surface area contributed by atoms with E-state index in [0.717, 1.165) is 33.2 Å². The number of aromatic nitrogens is 2. The predicted octanol–water partition coefficient (Wildman–Crippen LogP) is 7.37. The molecule has 6 aromatic rings. The zero-order valence-corrected chi connectivity index (χ0v) is 24.4. The number of para-hydroxylation sites is 4. The van der Waals surface area contributed by atoms with Crippen molar-refractivity contribution in [1.29, 1.82) is 0 Å². The Labute approximate surface area is 248 Å². The van der Waals surface area contributed by atoms with E-state index < -0.39 is 7.12 Å². The zero-order chi connectivity index (χ0) is 29.9. The van der Waals surface area contributed by atoms with E-state index in [-0.39, 0.29) is 28.1 Å². The van der Waals surface area contributed by atoms with Gasteiger partial charge in [-0.1, -0.05) is 42.5 Å². The van der Waals surface area contributed by atoms with Crippen LogP contribution in [0.5, 0.6) is 11.5 Å². The largest absolute Gasteiger partial charge is 0.508 e. The average molecular weight is 585 g/mol. The number of phenols is 2. The third kappa shape index (κ3) is 6.60. The first-order valence-corrected chi connectivity index (χ1v) is 13.7. The van der Waals surface area contributed by atoms with Gasteiger partial charge in [0.15, 0.2) is 11.2 Å². The molecule has 4 aromatic carbocycles. The van der Waals surface area contributed by atoms with Crippen LogP contribution in [-0.2, 0) is 9.31 Å². The van der Waals surface area contributed by atoms with Crippen molar-refractivity contribution >= 4 is 46.4 Å². The van der Waals surface area contributed by atoms with Crippen LogP contribution in [0.3, 0.4) is 0 Å². The lowest BCUT2D eigenvalue weighted by molar-refractivity contribution is 0.00578. The maximum atomic E-state index is 9.42. The molecule has 214 valence electrons. The summed E-state index contributed by atoms with van der Waals surface area (Å²) in [7, 11) is -0.405. The van der Waals surface area contributed by atoms with Gasteiger partial charge in [0.2, 0.25) is 5.89 Å². The highest BCUT2D eigenvalue weighted by atomic mass is 35.5. The lowest BCUT2D eigenvalue weighted by atomic mass is 9.79. The zero-order valence-electron chi connectivity index (χ0n) is 23.6. The first-order valence-electron chi connectivity index (χ1n) is 13.3. The second kappa shape index (κ2) is 11.9. The summed E-state index contributed by atoms with van der Waals surface area (Å²) in [5.41, 5.74) is 4.03. The number of hydrogen-bond acceptors (Lipinski definition) is 8. The Kier molecular flexibility index (Phi) is 8.27. The molecule has 10 heteroatoms. The van der Waals surface area contributed by atoms with E-state index >= 15 is 0 Å². The second-order valence-electron chi connectivity index (χ2n) is 10.7. The number of benzene rings is 4. The van der Waals surface area contributed by atoms with Gasteiger partial charge in [-0.2, -0.15) is 4.98 Å². The number of phenolic OH excluding ortho intramolecular Hbond substituents is 2. The summed E-state index contributed by atoms with van der Waals surface area (Å²) in [6.07, 6.45) is 0. The Morgan fingerprint density at radius 1 is 0.643 bits per heavy atom. The van der Waals surface area contributed by atoms with Crippen LogP contribution in [0.2, 0.25) is 5.35 Å². The van der Waals surface area contributed by atoms with Gasteiger partial charge in [-0.15, -0.1) is 0 Å². The van der Waals surface area contributed by atoms with Crippen molar-refractivity contribution < 1.29 is 28.4 Å². The smallest absolute Gasteiger partial charge is 0.494 e. The summed E-state index contributed by atoms with van der Waals surface area (Å²) in [4.78, 5) is 8.26. The highest BCUT2D eigenvalue weighted by molar-refractivity contribution is 6.62. The molecule has 0 amide bonds. The van der Waals surface area contributed by atoms with Crippen molar-refractivity contribution in [2.45, 2.75) is 38.9 Å². The minimum absolute atomic E-state index is 0.196. The van der Waals surface area contributed by atoms with E-state index in [1.807, 2.05) is 88.4 Å². The monoisotopic (exact) mass is 584 g/mol. The molecule has 0 radical (unpaired) electrons. The predicted molar refractivity (Wildman–Crippen MR) is 164 cm³/mol. The number of fused-ring (bicyclic) bond motifs is 2. The second-order valence-corrected chi connectivity index (χ2v) is 11.0. The summed E-state index contributed by atoms with van der Waals surface area (Å²) < 4.78 is 22.4. The molecule has 1 saturated heterocycles. The fraction of sp³-hybridized carbons (Fsp3) is 0.188. The van der Waals surface area contributed by atoms with Gasteiger partial charge in [0.1, 0.15) is 22.5 Å². The minimum Gasteiger partial charge on any atom is -0.508 e. The first-order chi connectivity index (χ1) is 20.0. The number of rotatable bonds is 2. The molecular weight excluding hydrogens is 555 g/mol. The maximum Gasteiger partial charge on any atom is 0.494 e. The van der Waals surface area contributed by atoms with E-state index in [1.165, 1.54) is 0 Å². The quantitative estimate of drug-likeness (QED) is 0.203. The van der Waals surface area contributed by atoms with E-state index in [4.69, 9.17) is 29.7 Å². The molecule has 0 saturated carbocycles. The Morgan fingerprint density at radius 3 is 1.76 bits per heavy atom. The molecule has 0 unspecified atom stereocenters. The molecule has 1 fully saturated rings. The van der Waals surface area contributed by atoms with Gasteiger partial charge in [0.05, 0.1) is 11.2 Å². The minimum atomic E-state index is -0.405. The van der Waals surface area contributed by atoms with Crippen LogP contribution in [0.1, 0.15) is 27.7 Å². The van der Waals surface area contributed by atoms with Crippen LogP contribution in [0.15, 0.2) is 106 Å². The summed E-state index contributed by atoms with van der Waals surface area (Å²) >= 11 is 5.51. The molecule has 0 aliphatic carbocycles. The van der Waals surface area contributed by atoms with Crippen LogP contribution in [0.4, 0.5) is 0 Å². The molecule has 8 nitrogen and oxygen atoms in total. The molecule has 0 atom stereocenters. The molecule has 3 heterocycles. The molecule has 1 aliphatic heterocycles. The highest BCUT2D eigenvalue weighted by Gasteiger charge is 2.51. The van der Waals surface area contributed by atoms with Crippen molar-refractivity contribution in [1.82, 2.24) is 9.97 Å². The van der Waals surface area contributed by atoms with E-state index in [1.54, 1.807) is 36.4 Å². The Hall–Kier alpha value is -4.31. The molecule has 2 aromatic heterocycles. The van der Waals surface area contributed by atoms with Crippen LogP contribution in [0.25, 0.3) is 33.7 Å². The van der Waals surface area contributed by atoms with Gasteiger partial charge in [0.25, 0.3) is 5.35 Å². The molecular formula is C32H30BClN2O6.